The van der Waals surface area contributed by atoms with Crippen LogP contribution in [0.3, 0.4) is 0 Å². The summed E-state index contributed by atoms with van der Waals surface area (Å²) in [6.07, 6.45) is 2.22. The molecule has 0 bridgehead atoms. The van der Waals surface area contributed by atoms with Crippen LogP contribution < -0.4 is 10.5 Å². The Morgan fingerprint density at radius 2 is 2.05 bits per heavy atom. The van der Waals surface area contributed by atoms with Gasteiger partial charge in [0, 0.05) is 24.8 Å². The Kier molecular flexibility index (Phi) is 4.26. The van der Waals surface area contributed by atoms with Crippen molar-refractivity contribution in [3.05, 3.63) is 23.8 Å². The van der Waals surface area contributed by atoms with Gasteiger partial charge in [-0.05, 0) is 32.0 Å². The third-order valence-corrected chi connectivity index (χ3v) is 4.69. The van der Waals surface area contributed by atoms with Crippen molar-refractivity contribution in [2.75, 3.05) is 25.9 Å². The molecule has 3 N–H and O–H groups in total. The number of nitrogens with zero attached hydrogens (tertiary/aromatic N) is 1. The third-order valence-electron chi connectivity index (χ3n) is 3.23. The van der Waals surface area contributed by atoms with Gasteiger partial charge in [-0.1, -0.05) is 0 Å². The second kappa shape index (κ2) is 5.63. The molecule has 0 amide bonds. The normalized spacial score (nSPS) is 15.8. The lowest BCUT2D eigenvalue weighted by Crippen LogP contribution is -2.34. The van der Waals surface area contributed by atoms with E-state index in [4.69, 9.17) is 5.73 Å². The van der Waals surface area contributed by atoms with E-state index in [1.54, 1.807) is 0 Å². The van der Waals surface area contributed by atoms with Gasteiger partial charge in [0.05, 0.1) is 0 Å². The van der Waals surface area contributed by atoms with E-state index in [1.807, 2.05) is 11.9 Å². The standard InChI is InChI=1S/C12H17F2N3O2S/c1-17(9-2-3-9)5-4-16-20(18,19)11-7-8(15)6-10(13)12(11)14/h6-7,9,16H,2-5,15H2,1H3. The van der Waals surface area contributed by atoms with Crippen LogP contribution in [-0.4, -0.2) is 39.5 Å². The molecule has 0 atom stereocenters. The van der Waals surface area contributed by atoms with Gasteiger partial charge < -0.3 is 10.6 Å². The Hall–Kier alpha value is -1.25. The number of sulfonamides is 1. The molecule has 0 spiro atoms. The van der Waals surface area contributed by atoms with Gasteiger partial charge in [-0.15, -0.1) is 0 Å². The average molecular weight is 305 g/mol. The van der Waals surface area contributed by atoms with Crippen molar-refractivity contribution in [3.8, 4) is 0 Å². The highest BCUT2D eigenvalue weighted by atomic mass is 32.2. The molecule has 1 aromatic carbocycles. The fraction of sp³-hybridized carbons (Fsp3) is 0.500. The van der Waals surface area contributed by atoms with Gasteiger partial charge in [0.2, 0.25) is 10.0 Å². The van der Waals surface area contributed by atoms with Crippen LogP contribution in [0.25, 0.3) is 0 Å². The van der Waals surface area contributed by atoms with Crippen LogP contribution >= 0.6 is 0 Å². The van der Waals surface area contributed by atoms with Crippen molar-refractivity contribution in [2.45, 2.75) is 23.8 Å². The van der Waals surface area contributed by atoms with E-state index in [1.165, 1.54) is 0 Å². The summed E-state index contributed by atoms with van der Waals surface area (Å²) in [5.41, 5.74) is 5.20. The molecule has 5 nitrogen and oxygen atoms in total. The lowest BCUT2D eigenvalue weighted by Gasteiger charge is -2.16. The van der Waals surface area contributed by atoms with E-state index in [-0.39, 0.29) is 12.2 Å². The van der Waals surface area contributed by atoms with Crippen molar-refractivity contribution < 1.29 is 17.2 Å². The second-order valence-electron chi connectivity index (χ2n) is 4.92. The Labute approximate surface area is 116 Å². The molecule has 1 aromatic rings. The molecule has 112 valence electrons. The summed E-state index contributed by atoms with van der Waals surface area (Å²) in [7, 11) is -2.21. The molecule has 1 fully saturated rings. The van der Waals surface area contributed by atoms with Crippen LogP contribution in [0.4, 0.5) is 14.5 Å². The lowest BCUT2D eigenvalue weighted by molar-refractivity contribution is 0.329. The molecule has 1 aliphatic rings. The predicted octanol–water partition coefficient (Wildman–Crippen LogP) is 0.919. The molecule has 0 saturated heterocycles. The minimum absolute atomic E-state index is 0.130. The van der Waals surface area contributed by atoms with E-state index in [9.17, 15) is 17.2 Å². The third kappa shape index (κ3) is 3.44. The minimum Gasteiger partial charge on any atom is -0.399 e. The Bertz CT molecular complexity index is 603. The molecule has 0 heterocycles. The number of anilines is 1. The van der Waals surface area contributed by atoms with E-state index >= 15 is 0 Å². The summed E-state index contributed by atoms with van der Waals surface area (Å²) in [6, 6.07) is 2.15. The van der Waals surface area contributed by atoms with Crippen LogP contribution in [0, 0.1) is 11.6 Å². The number of nitrogen functional groups attached to an aromatic ring is 1. The van der Waals surface area contributed by atoms with Crippen LogP contribution in [0.15, 0.2) is 17.0 Å². The number of hydrogen-bond donors (Lipinski definition) is 2. The number of nitrogens with two attached hydrogens (primary N) is 1. The maximum Gasteiger partial charge on any atom is 0.243 e. The first kappa shape index (κ1) is 15.1. The van der Waals surface area contributed by atoms with Crippen molar-refractivity contribution in [2.24, 2.45) is 0 Å². The topological polar surface area (TPSA) is 75.4 Å². The molecule has 2 rings (SSSR count). The predicted molar refractivity (Wildman–Crippen MR) is 71.6 cm³/mol. The van der Waals surface area contributed by atoms with Crippen molar-refractivity contribution in [3.63, 3.8) is 0 Å². The summed E-state index contributed by atoms with van der Waals surface area (Å²) in [4.78, 5) is 1.27. The molecule has 1 saturated carbocycles. The smallest absolute Gasteiger partial charge is 0.243 e. The quantitative estimate of drug-likeness (QED) is 0.766. The van der Waals surface area contributed by atoms with E-state index < -0.39 is 26.6 Å². The number of nitrogens with one attached hydrogen (secondary N) is 1. The highest BCUT2D eigenvalue weighted by Gasteiger charge is 2.26. The van der Waals surface area contributed by atoms with Gasteiger partial charge in [0.15, 0.2) is 11.6 Å². The van der Waals surface area contributed by atoms with Gasteiger partial charge in [0.25, 0.3) is 0 Å². The zero-order valence-electron chi connectivity index (χ0n) is 11.1. The zero-order valence-corrected chi connectivity index (χ0v) is 11.9. The fourth-order valence-corrected chi connectivity index (χ4v) is 3.05. The maximum absolute atomic E-state index is 13.5. The zero-order chi connectivity index (χ0) is 14.9. The highest BCUT2D eigenvalue weighted by Crippen LogP contribution is 2.25. The van der Waals surface area contributed by atoms with Crippen molar-refractivity contribution in [1.82, 2.24) is 9.62 Å². The lowest BCUT2D eigenvalue weighted by atomic mass is 10.3. The van der Waals surface area contributed by atoms with E-state index in [0.29, 0.717) is 12.6 Å². The molecule has 1 aliphatic carbocycles. The SMILES string of the molecule is CN(CCNS(=O)(=O)c1cc(N)cc(F)c1F)C1CC1. The van der Waals surface area contributed by atoms with Crippen LogP contribution in [0.1, 0.15) is 12.8 Å². The molecule has 0 unspecified atom stereocenters. The van der Waals surface area contributed by atoms with Crippen molar-refractivity contribution >= 4 is 15.7 Å². The van der Waals surface area contributed by atoms with E-state index in [2.05, 4.69) is 4.72 Å². The first-order chi connectivity index (χ1) is 9.31. The van der Waals surface area contributed by atoms with Gasteiger partial charge in [-0.3, -0.25) is 0 Å². The fourth-order valence-electron chi connectivity index (χ4n) is 1.91. The molecule has 0 aromatic heterocycles. The summed E-state index contributed by atoms with van der Waals surface area (Å²) in [6.45, 7) is 0.640. The summed E-state index contributed by atoms with van der Waals surface area (Å²) >= 11 is 0. The summed E-state index contributed by atoms with van der Waals surface area (Å²) < 4.78 is 52.8. The first-order valence-corrected chi connectivity index (χ1v) is 7.74. The number of rotatable bonds is 6. The Balaban J connectivity index is 2.06. The molecule has 0 radical (unpaired) electrons. The number of hydrogen-bond acceptors (Lipinski definition) is 4. The summed E-state index contributed by atoms with van der Waals surface area (Å²) in [5, 5.41) is 0. The van der Waals surface area contributed by atoms with Crippen LogP contribution in [0.2, 0.25) is 0 Å². The number of halogens is 2. The molecule has 0 aliphatic heterocycles. The monoisotopic (exact) mass is 305 g/mol. The van der Waals surface area contributed by atoms with Crippen LogP contribution in [-0.2, 0) is 10.0 Å². The maximum atomic E-state index is 13.5. The second-order valence-corrected chi connectivity index (χ2v) is 6.66. The Morgan fingerprint density at radius 1 is 1.40 bits per heavy atom. The molecule has 20 heavy (non-hydrogen) atoms. The minimum atomic E-state index is -4.11. The van der Waals surface area contributed by atoms with Gasteiger partial charge in [-0.25, -0.2) is 21.9 Å². The largest absolute Gasteiger partial charge is 0.399 e. The van der Waals surface area contributed by atoms with Gasteiger partial charge >= 0.3 is 0 Å². The van der Waals surface area contributed by atoms with Crippen LogP contribution in [0.5, 0.6) is 0 Å². The molecular formula is C12H17F2N3O2S. The van der Waals surface area contributed by atoms with Crippen molar-refractivity contribution in [1.29, 1.82) is 0 Å². The van der Waals surface area contributed by atoms with E-state index in [0.717, 1.165) is 25.0 Å². The number of benzene rings is 1. The van der Waals surface area contributed by atoms with Gasteiger partial charge in [-0.2, -0.15) is 0 Å². The molecular weight excluding hydrogens is 288 g/mol. The number of likely N-dealkylation sites (N-methyl/N-ethyl adjacent to an activating group) is 1. The first-order valence-electron chi connectivity index (χ1n) is 6.25. The molecule has 8 heteroatoms. The summed E-state index contributed by atoms with van der Waals surface area (Å²) in [5.74, 6) is -2.69. The van der Waals surface area contributed by atoms with Gasteiger partial charge in [0.1, 0.15) is 4.90 Å². The average Bonchev–Trinajstić information content (AvgIpc) is 3.17. The Morgan fingerprint density at radius 3 is 2.65 bits per heavy atom. The highest BCUT2D eigenvalue weighted by molar-refractivity contribution is 7.89.